The molecule has 2 aromatic rings. The first kappa shape index (κ1) is 29.7. The Morgan fingerprint density at radius 1 is 1.15 bits per heavy atom. The SMILES string of the molecule is CC(C)(C)c1cc(Br)cc(C(CC(=O)O)NC(=O)CNC(=O)c2cc(O)cc(NC3=NCC(O)CN3)c2)c1O. The highest BCUT2D eigenvalue weighted by Gasteiger charge is 2.27. The van der Waals surface area contributed by atoms with Crippen LogP contribution in [0.4, 0.5) is 5.69 Å². The number of aliphatic imine (C=N–C) groups is 1. The van der Waals surface area contributed by atoms with Gasteiger partial charge in [0.1, 0.15) is 11.5 Å². The number of halogens is 1. The maximum Gasteiger partial charge on any atom is 0.305 e. The molecule has 0 saturated heterocycles. The molecule has 39 heavy (non-hydrogen) atoms. The molecule has 1 heterocycles. The highest BCUT2D eigenvalue weighted by Crippen LogP contribution is 2.39. The molecule has 210 valence electrons. The van der Waals surface area contributed by atoms with Gasteiger partial charge >= 0.3 is 5.97 Å². The molecule has 2 unspecified atom stereocenters. The maximum atomic E-state index is 12.7. The Morgan fingerprint density at radius 2 is 1.87 bits per heavy atom. The highest BCUT2D eigenvalue weighted by molar-refractivity contribution is 9.10. The number of nitrogens with one attached hydrogen (secondary N) is 4. The molecule has 0 radical (unpaired) electrons. The number of aliphatic hydroxyl groups excluding tert-OH is 1. The number of hydrogen-bond donors (Lipinski definition) is 8. The second-order valence-electron chi connectivity index (χ2n) is 10.2. The van der Waals surface area contributed by atoms with Gasteiger partial charge in [-0.1, -0.05) is 36.7 Å². The topological polar surface area (TPSA) is 193 Å². The molecular weight excluding hydrogens is 574 g/mol. The fourth-order valence-corrected chi connectivity index (χ4v) is 4.42. The summed E-state index contributed by atoms with van der Waals surface area (Å²) in [5.41, 5.74) is 0.761. The number of aromatic hydroxyl groups is 2. The number of carbonyl (C=O) groups excluding carboxylic acids is 2. The maximum absolute atomic E-state index is 12.7. The lowest BCUT2D eigenvalue weighted by Gasteiger charge is -2.26. The molecule has 2 amide bonds. The minimum absolute atomic E-state index is 0.0586. The van der Waals surface area contributed by atoms with Crippen LogP contribution in [0.3, 0.4) is 0 Å². The van der Waals surface area contributed by atoms with E-state index in [0.29, 0.717) is 28.2 Å². The van der Waals surface area contributed by atoms with Crippen LogP contribution < -0.4 is 21.3 Å². The van der Waals surface area contributed by atoms with Crippen LogP contribution in [-0.4, -0.2) is 69.9 Å². The first-order valence-electron chi connectivity index (χ1n) is 12.1. The second kappa shape index (κ2) is 12.3. The molecule has 3 rings (SSSR count). The van der Waals surface area contributed by atoms with Crippen molar-refractivity contribution in [1.29, 1.82) is 0 Å². The molecule has 0 aromatic heterocycles. The average molecular weight is 606 g/mol. The highest BCUT2D eigenvalue weighted by atomic mass is 79.9. The van der Waals surface area contributed by atoms with E-state index < -0.39 is 48.3 Å². The lowest BCUT2D eigenvalue weighted by atomic mass is 9.84. The number of rotatable bonds is 8. The molecule has 1 aliphatic rings. The third kappa shape index (κ3) is 8.32. The molecule has 0 saturated carbocycles. The number of carboxylic acids is 1. The van der Waals surface area contributed by atoms with Gasteiger partial charge in [0, 0.05) is 39.5 Å². The summed E-state index contributed by atoms with van der Waals surface area (Å²) in [6.45, 7) is 5.69. The normalized spacial score (nSPS) is 15.9. The predicted octanol–water partition coefficient (Wildman–Crippen LogP) is 1.95. The van der Waals surface area contributed by atoms with Crippen LogP contribution in [0.5, 0.6) is 11.5 Å². The van der Waals surface area contributed by atoms with Crippen LogP contribution in [0, 0.1) is 0 Å². The van der Waals surface area contributed by atoms with Crippen molar-refractivity contribution in [3.8, 4) is 11.5 Å². The van der Waals surface area contributed by atoms with Crippen LogP contribution in [0.25, 0.3) is 0 Å². The molecule has 13 heteroatoms. The zero-order chi connectivity index (χ0) is 28.9. The van der Waals surface area contributed by atoms with Gasteiger partial charge in [0.05, 0.1) is 31.7 Å². The fraction of sp³-hybridized carbons (Fsp3) is 0.385. The standard InChI is InChI=1S/C26H32BrN5O7/c1-26(2,3)19-7-14(27)6-18(23(19)38)20(9-22(36)37)32-21(35)12-28-24(39)13-4-15(8-16(33)5-13)31-25-29-10-17(34)11-30-25/h4-8,17,20,33-34,38H,9-12H2,1-3H3,(H,28,39)(H,32,35)(H,36,37)(H2,29,30,31). The lowest BCUT2D eigenvalue weighted by Crippen LogP contribution is -2.42. The predicted molar refractivity (Wildman–Crippen MR) is 148 cm³/mol. The van der Waals surface area contributed by atoms with Gasteiger partial charge in [-0.3, -0.25) is 19.4 Å². The second-order valence-corrected chi connectivity index (χ2v) is 11.1. The number of benzene rings is 2. The Kier molecular flexibility index (Phi) is 9.41. The van der Waals surface area contributed by atoms with Gasteiger partial charge in [0.2, 0.25) is 5.91 Å². The van der Waals surface area contributed by atoms with Crippen molar-refractivity contribution in [2.24, 2.45) is 4.99 Å². The number of anilines is 1. The first-order chi connectivity index (χ1) is 18.2. The number of aliphatic hydroxyl groups is 1. The lowest BCUT2D eigenvalue weighted by molar-refractivity contribution is -0.137. The molecule has 0 aliphatic carbocycles. The van der Waals surface area contributed by atoms with Gasteiger partial charge in [-0.2, -0.15) is 0 Å². The van der Waals surface area contributed by atoms with Crippen molar-refractivity contribution in [2.75, 3.05) is 25.0 Å². The van der Waals surface area contributed by atoms with E-state index in [1.807, 2.05) is 20.8 Å². The summed E-state index contributed by atoms with van der Waals surface area (Å²) in [4.78, 5) is 41.1. The van der Waals surface area contributed by atoms with E-state index in [2.05, 4.69) is 42.2 Å². The number of guanidine groups is 1. The number of aliphatic carboxylic acids is 1. The van der Waals surface area contributed by atoms with Crippen LogP contribution in [0.1, 0.15) is 54.7 Å². The van der Waals surface area contributed by atoms with Crippen LogP contribution >= 0.6 is 15.9 Å². The minimum Gasteiger partial charge on any atom is -0.508 e. The number of carboxylic acid groups (broad SMARTS) is 1. The molecule has 1 aliphatic heterocycles. The number of β-amino-alcohol motifs (C(OH)–C–C–N with tert-alkyl or cyclic N) is 1. The smallest absolute Gasteiger partial charge is 0.305 e. The Balaban J connectivity index is 1.71. The van der Waals surface area contributed by atoms with E-state index in [-0.39, 0.29) is 29.2 Å². The molecule has 0 spiro atoms. The molecule has 0 bridgehead atoms. The zero-order valence-electron chi connectivity index (χ0n) is 21.7. The van der Waals surface area contributed by atoms with Gasteiger partial charge in [0.25, 0.3) is 5.91 Å². The van der Waals surface area contributed by atoms with Crippen molar-refractivity contribution in [1.82, 2.24) is 16.0 Å². The Bertz CT molecular complexity index is 1290. The van der Waals surface area contributed by atoms with Crippen LogP contribution in [-0.2, 0) is 15.0 Å². The summed E-state index contributed by atoms with van der Waals surface area (Å²) in [6.07, 6.45) is -1.10. The fourth-order valence-electron chi connectivity index (χ4n) is 3.95. The van der Waals surface area contributed by atoms with Gasteiger partial charge in [-0.25, -0.2) is 0 Å². The number of amides is 2. The molecule has 2 aromatic carbocycles. The van der Waals surface area contributed by atoms with Crippen LogP contribution in [0.2, 0.25) is 0 Å². The summed E-state index contributed by atoms with van der Waals surface area (Å²) in [7, 11) is 0. The van der Waals surface area contributed by atoms with Gasteiger partial charge in [-0.05, 0) is 29.7 Å². The Hall–Kier alpha value is -3.84. The van der Waals surface area contributed by atoms with E-state index in [1.54, 1.807) is 12.1 Å². The number of nitrogens with zero attached hydrogens (tertiary/aromatic N) is 1. The zero-order valence-corrected chi connectivity index (χ0v) is 23.3. The summed E-state index contributed by atoms with van der Waals surface area (Å²) in [5.74, 6) is -2.48. The average Bonchev–Trinajstić information content (AvgIpc) is 2.83. The number of hydrogen-bond acceptors (Lipinski definition) is 9. The van der Waals surface area contributed by atoms with Crippen molar-refractivity contribution < 1.29 is 34.8 Å². The molecule has 0 fully saturated rings. The van der Waals surface area contributed by atoms with Crippen molar-refractivity contribution >= 4 is 45.4 Å². The number of carbonyl (C=O) groups is 3. The third-order valence-electron chi connectivity index (χ3n) is 5.82. The Labute approximate surface area is 233 Å². The van der Waals surface area contributed by atoms with E-state index in [0.717, 1.165) is 0 Å². The monoisotopic (exact) mass is 605 g/mol. The Morgan fingerprint density at radius 3 is 2.49 bits per heavy atom. The van der Waals surface area contributed by atoms with Crippen molar-refractivity contribution in [3.63, 3.8) is 0 Å². The molecule has 2 atom stereocenters. The van der Waals surface area contributed by atoms with E-state index in [1.165, 1.54) is 18.2 Å². The van der Waals surface area contributed by atoms with Crippen LogP contribution in [0.15, 0.2) is 39.8 Å². The van der Waals surface area contributed by atoms with Gasteiger partial charge in [0.15, 0.2) is 5.96 Å². The summed E-state index contributed by atoms with van der Waals surface area (Å²) in [6, 6.07) is 6.26. The summed E-state index contributed by atoms with van der Waals surface area (Å²) in [5, 5.41) is 50.7. The quantitative estimate of drug-likeness (QED) is 0.222. The van der Waals surface area contributed by atoms with Gasteiger partial charge in [-0.15, -0.1) is 0 Å². The number of phenolic OH excluding ortho intramolecular Hbond substituents is 2. The third-order valence-corrected chi connectivity index (χ3v) is 6.28. The summed E-state index contributed by atoms with van der Waals surface area (Å²) < 4.78 is 0.608. The largest absolute Gasteiger partial charge is 0.508 e. The van der Waals surface area contributed by atoms with Gasteiger partial charge < -0.3 is 41.7 Å². The first-order valence-corrected chi connectivity index (χ1v) is 12.9. The van der Waals surface area contributed by atoms with Crippen molar-refractivity contribution in [2.45, 2.75) is 44.8 Å². The molecule has 8 N–H and O–H groups in total. The van der Waals surface area contributed by atoms with Crippen molar-refractivity contribution in [3.05, 3.63) is 51.5 Å². The van der Waals surface area contributed by atoms with E-state index >= 15 is 0 Å². The molecule has 12 nitrogen and oxygen atoms in total. The molecular formula is C26H32BrN5O7. The van der Waals surface area contributed by atoms with E-state index in [4.69, 9.17) is 0 Å². The minimum atomic E-state index is -1.19. The number of phenols is 2. The van der Waals surface area contributed by atoms with E-state index in [9.17, 15) is 34.8 Å². The summed E-state index contributed by atoms with van der Waals surface area (Å²) >= 11 is 3.39.